The van der Waals surface area contributed by atoms with Crippen molar-refractivity contribution in [2.75, 3.05) is 31.9 Å². The van der Waals surface area contributed by atoms with Crippen LogP contribution < -0.4 is 21.3 Å². The molecule has 11 heteroatoms. The maximum Gasteiger partial charge on any atom is 0.280 e. The highest BCUT2D eigenvalue weighted by Crippen LogP contribution is 2.34. The SMILES string of the molecule is Nc1c(Oc2ccc(F)cc2)ncn(CC2(O)CCN(C(=O)[C@@H]3CCNC[C@H]3c3ccccc3)CC2F)c1=O. The minimum absolute atomic E-state index is 0.0189. The molecular weight excluding hydrogens is 508 g/mol. The van der Waals surface area contributed by atoms with Crippen molar-refractivity contribution in [3.05, 3.63) is 82.7 Å². The number of likely N-dealkylation sites (tertiary alicyclic amines) is 1. The molecule has 0 saturated carbocycles. The molecule has 5 rings (SSSR count). The van der Waals surface area contributed by atoms with Gasteiger partial charge in [0, 0.05) is 24.9 Å². The molecule has 39 heavy (non-hydrogen) atoms. The van der Waals surface area contributed by atoms with Gasteiger partial charge in [-0.05, 0) is 49.2 Å². The predicted octanol–water partition coefficient (Wildman–Crippen LogP) is 2.45. The first kappa shape index (κ1) is 26.8. The quantitative estimate of drug-likeness (QED) is 0.440. The molecule has 9 nitrogen and oxygen atoms in total. The third-order valence-corrected chi connectivity index (χ3v) is 7.63. The smallest absolute Gasteiger partial charge is 0.280 e. The molecule has 3 heterocycles. The van der Waals surface area contributed by atoms with Gasteiger partial charge in [-0.3, -0.25) is 14.2 Å². The summed E-state index contributed by atoms with van der Waals surface area (Å²) in [5, 5.41) is 14.5. The van der Waals surface area contributed by atoms with Crippen molar-refractivity contribution in [1.29, 1.82) is 0 Å². The van der Waals surface area contributed by atoms with E-state index in [1.54, 1.807) is 0 Å². The number of rotatable bonds is 6. The molecule has 1 amide bonds. The van der Waals surface area contributed by atoms with Gasteiger partial charge in [-0.25, -0.2) is 13.8 Å². The van der Waals surface area contributed by atoms with E-state index in [-0.39, 0.29) is 61.1 Å². The van der Waals surface area contributed by atoms with Crippen LogP contribution in [0.3, 0.4) is 0 Å². The number of anilines is 1. The molecule has 1 aromatic heterocycles. The molecule has 2 aliphatic heterocycles. The number of nitrogen functional groups attached to an aromatic ring is 1. The molecule has 2 unspecified atom stereocenters. The largest absolute Gasteiger partial charge is 0.437 e. The van der Waals surface area contributed by atoms with Crippen molar-refractivity contribution in [3.63, 3.8) is 0 Å². The first-order chi connectivity index (χ1) is 18.7. The van der Waals surface area contributed by atoms with Crippen LogP contribution in [0.1, 0.15) is 24.3 Å². The predicted molar refractivity (Wildman–Crippen MR) is 141 cm³/mol. The molecule has 0 bridgehead atoms. The molecule has 2 fully saturated rings. The number of carbonyl (C=O) groups is 1. The first-order valence-corrected chi connectivity index (χ1v) is 12.9. The lowest BCUT2D eigenvalue weighted by Crippen LogP contribution is -2.59. The Hall–Kier alpha value is -3.83. The van der Waals surface area contributed by atoms with Crippen molar-refractivity contribution in [2.45, 2.75) is 37.1 Å². The molecule has 0 radical (unpaired) electrons. The summed E-state index contributed by atoms with van der Waals surface area (Å²) >= 11 is 0. The van der Waals surface area contributed by atoms with Crippen LogP contribution in [0.2, 0.25) is 0 Å². The van der Waals surface area contributed by atoms with E-state index >= 15 is 4.39 Å². The summed E-state index contributed by atoms with van der Waals surface area (Å²) in [4.78, 5) is 31.9. The van der Waals surface area contributed by atoms with Crippen LogP contribution in [0.15, 0.2) is 65.7 Å². The summed E-state index contributed by atoms with van der Waals surface area (Å²) in [7, 11) is 0. The number of aliphatic hydroxyl groups is 1. The minimum Gasteiger partial charge on any atom is -0.437 e. The Labute approximate surface area is 224 Å². The van der Waals surface area contributed by atoms with Crippen LogP contribution in [0.5, 0.6) is 11.6 Å². The number of ether oxygens (including phenoxy) is 1. The summed E-state index contributed by atoms with van der Waals surface area (Å²) in [6.45, 7) is 0.863. The minimum atomic E-state index is -1.89. The molecule has 3 aromatic rings. The average molecular weight is 540 g/mol. The normalized spacial score (nSPS) is 25.3. The van der Waals surface area contributed by atoms with Crippen LogP contribution in [0.25, 0.3) is 0 Å². The Bertz CT molecular complexity index is 1370. The Morgan fingerprint density at radius 1 is 1.21 bits per heavy atom. The highest BCUT2D eigenvalue weighted by Gasteiger charge is 2.46. The molecule has 4 N–H and O–H groups in total. The number of halogens is 2. The van der Waals surface area contributed by atoms with Crippen LogP contribution in [-0.4, -0.2) is 63.4 Å². The van der Waals surface area contributed by atoms with Gasteiger partial charge < -0.3 is 25.8 Å². The number of alkyl halides is 1. The lowest BCUT2D eigenvalue weighted by atomic mass is 9.79. The topological polar surface area (TPSA) is 123 Å². The monoisotopic (exact) mass is 539 g/mol. The zero-order chi connectivity index (χ0) is 27.6. The van der Waals surface area contributed by atoms with Crippen molar-refractivity contribution in [2.24, 2.45) is 5.92 Å². The van der Waals surface area contributed by atoms with Crippen molar-refractivity contribution < 1.29 is 23.4 Å². The number of aromatic nitrogens is 2. The Morgan fingerprint density at radius 2 is 1.95 bits per heavy atom. The van der Waals surface area contributed by atoms with Gasteiger partial charge in [-0.2, -0.15) is 0 Å². The number of benzene rings is 2. The van der Waals surface area contributed by atoms with Crippen LogP contribution >= 0.6 is 0 Å². The highest BCUT2D eigenvalue weighted by atomic mass is 19.1. The molecule has 0 aliphatic carbocycles. The molecule has 0 spiro atoms. The summed E-state index contributed by atoms with van der Waals surface area (Å²) in [5.41, 5.74) is 4.06. The van der Waals surface area contributed by atoms with Gasteiger partial charge in [0.15, 0.2) is 5.69 Å². The molecule has 206 valence electrons. The lowest BCUT2D eigenvalue weighted by Gasteiger charge is -2.43. The molecule has 2 saturated heterocycles. The van der Waals surface area contributed by atoms with E-state index < -0.39 is 23.1 Å². The first-order valence-electron chi connectivity index (χ1n) is 12.9. The molecule has 2 aromatic carbocycles. The van der Waals surface area contributed by atoms with E-state index in [2.05, 4.69) is 10.3 Å². The van der Waals surface area contributed by atoms with E-state index in [1.165, 1.54) is 29.2 Å². The van der Waals surface area contributed by atoms with E-state index in [1.807, 2.05) is 30.3 Å². The van der Waals surface area contributed by atoms with Crippen LogP contribution in [-0.2, 0) is 11.3 Å². The molecule has 4 atom stereocenters. The van der Waals surface area contributed by atoms with Gasteiger partial charge in [0.05, 0.1) is 13.1 Å². The van der Waals surface area contributed by atoms with Crippen molar-refractivity contribution in [1.82, 2.24) is 19.8 Å². The van der Waals surface area contributed by atoms with E-state index in [9.17, 15) is 19.1 Å². The fourth-order valence-electron chi connectivity index (χ4n) is 5.35. The van der Waals surface area contributed by atoms with E-state index in [0.717, 1.165) is 16.5 Å². The van der Waals surface area contributed by atoms with Gasteiger partial charge in [0.1, 0.15) is 29.7 Å². The second-order valence-electron chi connectivity index (χ2n) is 10.2. The van der Waals surface area contributed by atoms with Crippen LogP contribution in [0.4, 0.5) is 14.5 Å². The van der Waals surface area contributed by atoms with Gasteiger partial charge in [0.2, 0.25) is 11.8 Å². The highest BCUT2D eigenvalue weighted by molar-refractivity contribution is 5.80. The van der Waals surface area contributed by atoms with E-state index in [0.29, 0.717) is 19.5 Å². The fraction of sp³-hybridized carbons (Fsp3) is 0.393. The Kier molecular flexibility index (Phi) is 7.62. The summed E-state index contributed by atoms with van der Waals surface area (Å²) in [6.07, 6.45) is -0.0707. The number of nitrogens with two attached hydrogens (primary N) is 1. The lowest BCUT2D eigenvalue weighted by molar-refractivity contribution is -0.148. The Balaban J connectivity index is 1.26. The summed E-state index contributed by atoms with van der Waals surface area (Å²) in [5.74, 6) is -0.827. The number of hydrogen-bond acceptors (Lipinski definition) is 7. The Morgan fingerprint density at radius 3 is 2.67 bits per heavy atom. The third-order valence-electron chi connectivity index (χ3n) is 7.63. The number of nitrogens with one attached hydrogen (secondary N) is 1. The number of piperidine rings is 2. The van der Waals surface area contributed by atoms with Gasteiger partial charge >= 0.3 is 0 Å². The number of hydrogen-bond donors (Lipinski definition) is 3. The summed E-state index contributed by atoms with van der Waals surface area (Å²) in [6, 6.07) is 14.9. The maximum atomic E-state index is 15.5. The second-order valence-corrected chi connectivity index (χ2v) is 10.2. The molecule has 2 aliphatic rings. The number of nitrogens with zero attached hydrogens (tertiary/aromatic N) is 3. The third kappa shape index (κ3) is 5.64. The number of carbonyl (C=O) groups excluding carboxylic acids is 1. The van der Waals surface area contributed by atoms with E-state index in [4.69, 9.17) is 10.5 Å². The average Bonchev–Trinajstić information content (AvgIpc) is 2.95. The zero-order valence-electron chi connectivity index (χ0n) is 21.3. The maximum absolute atomic E-state index is 15.5. The van der Waals surface area contributed by atoms with Gasteiger partial charge in [-0.1, -0.05) is 30.3 Å². The summed E-state index contributed by atoms with van der Waals surface area (Å²) < 4.78 is 35.1. The second kappa shape index (κ2) is 11.1. The van der Waals surface area contributed by atoms with Gasteiger partial charge in [0.25, 0.3) is 5.56 Å². The van der Waals surface area contributed by atoms with Crippen molar-refractivity contribution in [3.8, 4) is 11.6 Å². The standard InChI is InChI=1S/C28H31F2N5O4/c29-19-6-8-20(9-7-19)39-25-24(31)27(37)35(17-33-25)16-28(38)11-13-34(15-23(28)30)26(36)21-10-12-32-14-22(21)18-4-2-1-3-5-18/h1-9,17,21-23,32,38H,10-16,31H2/t21-,22+,23?,28?/m1/s1. The van der Waals surface area contributed by atoms with Gasteiger partial charge in [-0.15, -0.1) is 0 Å². The fourth-order valence-corrected chi connectivity index (χ4v) is 5.35. The zero-order valence-corrected chi connectivity index (χ0v) is 21.3. The number of amides is 1. The van der Waals surface area contributed by atoms with Crippen LogP contribution in [0, 0.1) is 11.7 Å². The van der Waals surface area contributed by atoms with Crippen molar-refractivity contribution >= 4 is 11.6 Å². The molecular formula is C28H31F2N5O4.